The van der Waals surface area contributed by atoms with Gasteiger partial charge in [-0.1, -0.05) is 11.6 Å². The summed E-state index contributed by atoms with van der Waals surface area (Å²) in [5.41, 5.74) is 2.02. The average Bonchev–Trinajstić information content (AvgIpc) is 2.43. The quantitative estimate of drug-likeness (QED) is 0.761. The van der Waals surface area contributed by atoms with E-state index in [1.165, 1.54) is 0 Å². The zero-order valence-corrected chi connectivity index (χ0v) is 13.7. The van der Waals surface area contributed by atoms with Crippen molar-refractivity contribution in [1.29, 1.82) is 0 Å². The molecular formula is C14H13ClIN3O. The van der Waals surface area contributed by atoms with E-state index in [4.69, 9.17) is 11.6 Å². The average molecular weight is 402 g/mol. The van der Waals surface area contributed by atoms with Crippen LogP contribution in [0.25, 0.3) is 0 Å². The lowest BCUT2D eigenvalue weighted by Crippen LogP contribution is -2.15. The Morgan fingerprint density at radius 2 is 2.15 bits per heavy atom. The highest BCUT2D eigenvalue weighted by molar-refractivity contribution is 14.1. The molecule has 20 heavy (non-hydrogen) atoms. The van der Waals surface area contributed by atoms with Crippen molar-refractivity contribution in [3.63, 3.8) is 0 Å². The lowest BCUT2D eigenvalue weighted by atomic mass is 10.2. The fraction of sp³-hybridized carbons (Fsp3) is 0.143. The van der Waals surface area contributed by atoms with Crippen LogP contribution in [0.1, 0.15) is 17.3 Å². The minimum absolute atomic E-state index is 0.177. The van der Waals surface area contributed by atoms with Gasteiger partial charge in [-0.3, -0.25) is 9.78 Å². The van der Waals surface area contributed by atoms with Gasteiger partial charge in [0.1, 0.15) is 0 Å². The molecule has 0 unspecified atom stereocenters. The standard InChI is InChI=1S/C14H13ClIN3O/c1-2-18-13-8-17-6-5-10(13)14(20)19-12-4-3-9(15)7-11(12)16/h3-8,18H,2H2,1H3,(H,19,20). The number of hydrogen-bond acceptors (Lipinski definition) is 3. The molecule has 0 aliphatic rings. The Hall–Kier alpha value is -1.34. The van der Waals surface area contributed by atoms with Crippen LogP contribution in [0, 0.1) is 3.57 Å². The van der Waals surface area contributed by atoms with Crippen LogP contribution < -0.4 is 10.6 Å². The third kappa shape index (κ3) is 3.61. The summed E-state index contributed by atoms with van der Waals surface area (Å²) in [6, 6.07) is 7.03. The molecule has 0 spiro atoms. The number of anilines is 2. The number of nitrogens with zero attached hydrogens (tertiary/aromatic N) is 1. The Bertz CT molecular complexity index is 634. The maximum Gasteiger partial charge on any atom is 0.257 e. The smallest absolute Gasteiger partial charge is 0.257 e. The third-order valence-corrected chi connectivity index (χ3v) is 3.74. The number of amides is 1. The van der Waals surface area contributed by atoms with Crippen molar-refractivity contribution in [3.05, 3.63) is 50.8 Å². The number of pyridine rings is 1. The lowest BCUT2D eigenvalue weighted by Gasteiger charge is -2.11. The highest BCUT2D eigenvalue weighted by Crippen LogP contribution is 2.23. The fourth-order valence-electron chi connectivity index (χ4n) is 1.70. The van der Waals surface area contributed by atoms with Crippen molar-refractivity contribution in [2.45, 2.75) is 6.92 Å². The summed E-state index contributed by atoms with van der Waals surface area (Å²) in [4.78, 5) is 16.4. The van der Waals surface area contributed by atoms with E-state index in [0.29, 0.717) is 10.6 Å². The summed E-state index contributed by atoms with van der Waals surface area (Å²) in [5.74, 6) is -0.177. The second-order valence-corrected chi connectivity index (χ2v) is 5.63. The summed E-state index contributed by atoms with van der Waals surface area (Å²) < 4.78 is 0.891. The number of benzene rings is 1. The van der Waals surface area contributed by atoms with Crippen molar-refractivity contribution >= 4 is 51.5 Å². The van der Waals surface area contributed by atoms with Crippen LogP contribution in [0.5, 0.6) is 0 Å². The molecule has 0 aliphatic heterocycles. The summed E-state index contributed by atoms with van der Waals surface area (Å²) in [5, 5.41) is 6.64. The van der Waals surface area contributed by atoms with Gasteiger partial charge in [0.05, 0.1) is 23.1 Å². The van der Waals surface area contributed by atoms with Gasteiger partial charge in [-0.2, -0.15) is 0 Å². The summed E-state index contributed by atoms with van der Waals surface area (Å²) >= 11 is 8.04. The van der Waals surface area contributed by atoms with Crippen LogP contribution in [-0.2, 0) is 0 Å². The molecule has 2 N–H and O–H groups in total. The zero-order chi connectivity index (χ0) is 14.5. The number of aromatic nitrogens is 1. The number of rotatable bonds is 4. The van der Waals surface area contributed by atoms with E-state index in [9.17, 15) is 4.79 Å². The summed E-state index contributed by atoms with van der Waals surface area (Å²) in [6.07, 6.45) is 3.24. The van der Waals surface area contributed by atoms with Crippen molar-refractivity contribution in [1.82, 2.24) is 4.98 Å². The molecule has 1 amide bonds. The predicted octanol–water partition coefficient (Wildman–Crippen LogP) is 4.02. The Kier molecular flexibility index (Phi) is 5.19. The number of halogens is 2. The number of hydrogen-bond donors (Lipinski definition) is 2. The summed E-state index contributed by atoms with van der Waals surface area (Å²) in [7, 11) is 0. The van der Waals surface area contributed by atoms with Gasteiger partial charge in [-0.05, 0) is 53.8 Å². The van der Waals surface area contributed by atoms with Crippen LogP contribution in [-0.4, -0.2) is 17.4 Å². The van der Waals surface area contributed by atoms with Gasteiger partial charge in [0.25, 0.3) is 5.91 Å². The number of nitrogens with one attached hydrogen (secondary N) is 2. The van der Waals surface area contributed by atoms with Gasteiger partial charge in [0.2, 0.25) is 0 Å². The van der Waals surface area contributed by atoms with Gasteiger partial charge in [0, 0.05) is 21.3 Å². The normalized spacial score (nSPS) is 10.2. The molecule has 0 fully saturated rings. The van der Waals surface area contributed by atoms with E-state index in [-0.39, 0.29) is 5.91 Å². The van der Waals surface area contributed by atoms with Crippen LogP contribution in [0.2, 0.25) is 5.02 Å². The van der Waals surface area contributed by atoms with E-state index in [0.717, 1.165) is 21.5 Å². The van der Waals surface area contributed by atoms with Gasteiger partial charge in [-0.15, -0.1) is 0 Å². The van der Waals surface area contributed by atoms with Crippen molar-refractivity contribution in [3.8, 4) is 0 Å². The Morgan fingerprint density at radius 1 is 1.35 bits per heavy atom. The second-order valence-electron chi connectivity index (χ2n) is 4.03. The molecule has 0 saturated carbocycles. The Morgan fingerprint density at radius 3 is 2.85 bits per heavy atom. The minimum atomic E-state index is -0.177. The van der Waals surface area contributed by atoms with Crippen molar-refractivity contribution < 1.29 is 4.79 Å². The second kappa shape index (κ2) is 6.90. The van der Waals surface area contributed by atoms with Crippen molar-refractivity contribution in [2.24, 2.45) is 0 Å². The first-order valence-electron chi connectivity index (χ1n) is 6.06. The number of carbonyl (C=O) groups is 1. The molecule has 0 bridgehead atoms. The SMILES string of the molecule is CCNc1cnccc1C(=O)Nc1ccc(Cl)cc1I. The molecule has 0 aliphatic carbocycles. The third-order valence-electron chi connectivity index (χ3n) is 2.61. The van der Waals surface area contributed by atoms with Crippen LogP contribution in [0.3, 0.4) is 0 Å². The minimum Gasteiger partial charge on any atom is -0.383 e. The predicted molar refractivity (Wildman–Crippen MR) is 90.5 cm³/mol. The fourth-order valence-corrected chi connectivity index (χ4v) is 2.71. The molecule has 2 rings (SSSR count). The maximum absolute atomic E-state index is 12.3. The van der Waals surface area contributed by atoms with E-state index >= 15 is 0 Å². The van der Waals surface area contributed by atoms with Crippen molar-refractivity contribution in [2.75, 3.05) is 17.2 Å². The first kappa shape index (κ1) is 15.1. The highest BCUT2D eigenvalue weighted by Gasteiger charge is 2.12. The molecule has 0 radical (unpaired) electrons. The molecule has 0 atom stereocenters. The van der Waals surface area contributed by atoms with E-state index in [1.807, 2.05) is 6.92 Å². The topological polar surface area (TPSA) is 54.0 Å². The maximum atomic E-state index is 12.3. The van der Waals surface area contributed by atoms with Crippen LogP contribution in [0.4, 0.5) is 11.4 Å². The molecular weight excluding hydrogens is 389 g/mol. The first-order chi connectivity index (χ1) is 9.61. The van der Waals surface area contributed by atoms with Crippen LogP contribution >= 0.6 is 34.2 Å². The molecule has 6 heteroatoms. The molecule has 1 aromatic heterocycles. The van der Waals surface area contributed by atoms with Gasteiger partial charge in [-0.25, -0.2) is 0 Å². The first-order valence-corrected chi connectivity index (χ1v) is 7.51. The van der Waals surface area contributed by atoms with E-state index in [1.54, 1.807) is 36.7 Å². The zero-order valence-electron chi connectivity index (χ0n) is 10.8. The molecule has 1 heterocycles. The molecule has 1 aromatic carbocycles. The Labute approximate surface area is 136 Å². The lowest BCUT2D eigenvalue weighted by molar-refractivity contribution is 0.102. The highest BCUT2D eigenvalue weighted by atomic mass is 127. The molecule has 4 nitrogen and oxygen atoms in total. The van der Waals surface area contributed by atoms with Gasteiger partial charge < -0.3 is 10.6 Å². The van der Waals surface area contributed by atoms with Gasteiger partial charge in [0.15, 0.2) is 0 Å². The molecule has 104 valence electrons. The van der Waals surface area contributed by atoms with E-state index < -0.39 is 0 Å². The van der Waals surface area contributed by atoms with Gasteiger partial charge >= 0.3 is 0 Å². The molecule has 2 aromatic rings. The largest absolute Gasteiger partial charge is 0.383 e. The molecule has 0 saturated heterocycles. The Balaban J connectivity index is 2.24. The van der Waals surface area contributed by atoms with E-state index in [2.05, 4.69) is 38.2 Å². The summed E-state index contributed by atoms with van der Waals surface area (Å²) in [6.45, 7) is 2.70. The monoisotopic (exact) mass is 401 g/mol. The van der Waals surface area contributed by atoms with Crippen LogP contribution in [0.15, 0.2) is 36.7 Å². The number of carbonyl (C=O) groups excluding carboxylic acids is 1.